The van der Waals surface area contributed by atoms with Crippen molar-refractivity contribution in [2.24, 2.45) is 0 Å². The maximum absolute atomic E-state index is 11.3. The Morgan fingerprint density at radius 2 is 2.29 bits per heavy atom. The molecule has 0 unspecified atom stereocenters. The van der Waals surface area contributed by atoms with Gasteiger partial charge in [0.25, 0.3) is 0 Å². The lowest BCUT2D eigenvalue weighted by Gasteiger charge is -2.20. The van der Waals surface area contributed by atoms with Crippen molar-refractivity contribution in [1.82, 2.24) is 0 Å². The molecular formula is C10H9ClO3. The molecule has 0 saturated carbocycles. The number of carbonyl (C=O) groups excluding carboxylic acids is 1. The number of hydrogen-bond acceptors (Lipinski definition) is 3. The van der Waals surface area contributed by atoms with Gasteiger partial charge in [0.05, 0.1) is 12.2 Å². The van der Waals surface area contributed by atoms with Crippen molar-refractivity contribution in [3.8, 4) is 5.75 Å². The largest absolute Gasteiger partial charge is 0.466 e. The summed E-state index contributed by atoms with van der Waals surface area (Å²) in [6, 6.07) is 3.37. The minimum absolute atomic E-state index is 0.0279. The molecule has 0 bridgehead atoms. The zero-order chi connectivity index (χ0) is 10.1. The van der Waals surface area contributed by atoms with Crippen molar-refractivity contribution in [1.29, 1.82) is 0 Å². The fourth-order valence-corrected chi connectivity index (χ4v) is 1.63. The predicted molar refractivity (Wildman–Crippen MR) is 51.7 cm³/mol. The molecule has 1 aromatic rings. The lowest BCUT2D eigenvalue weighted by atomic mass is 10.1. The molecule has 1 aliphatic heterocycles. The number of carbonyl (C=O) groups is 1. The molecule has 0 fully saturated rings. The number of benzene rings is 1. The van der Waals surface area contributed by atoms with Crippen molar-refractivity contribution in [3.63, 3.8) is 0 Å². The Bertz CT molecular complexity index is 387. The summed E-state index contributed by atoms with van der Waals surface area (Å²) < 4.78 is 10.4. The number of halogens is 1. The van der Waals surface area contributed by atoms with E-state index >= 15 is 0 Å². The molecule has 0 aliphatic carbocycles. The molecule has 14 heavy (non-hydrogen) atoms. The first kappa shape index (κ1) is 9.49. The van der Waals surface area contributed by atoms with Crippen LogP contribution in [0.2, 0.25) is 5.02 Å². The van der Waals surface area contributed by atoms with E-state index in [9.17, 15) is 4.79 Å². The monoisotopic (exact) mass is 212 g/mol. The van der Waals surface area contributed by atoms with Gasteiger partial charge in [0, 0.05) is 10.6 Å². The SMILES string of the molecule is CC(=O)c1ccc(Cl)c2c1OCOC2. The number of ketones is 1. The van der Waals surface area contributed by atoms with Gasteiger partial charge < -0.3 is 9.47 Å². The summed E-state index contributed by atoms with van der Waals surface area (Å²) >= 11 is 5.95. The van der Waals surface area contributed by atoms with E-state index < -0.39 is 0 Å². The second-order valence-electron chi connectivity index (χ2n) is 3.07. The summed E-state index contributed by atoms with van der Waals surface area (Å²) in [6.45, 7) is 2.07. The van der Waals surface area contributed by atoms with Crippen LogP contribution in [0.1, 0.15) is 22.8 Å². The zero-order valence-electron chi connectivity index (χ0n) is 7.67. The molecule has 0 aromatic heterocycles. The van der Waals surface area contributed by atoms with E-state index in [4.69, 9.17) is 21.1 Å². The molecule has 3 nitrogen and oxygen atoms in total. The normalized spacial score (nSPS) is 14.4. The molecule has 74 valence electrons. The van der Waals surface area contributed by atoms with Crippen LogP contribution in [0, 0.1) is 0 Å². The van der Waals surface area contributed by atoms with Gasteiger partial charge in [0.2, 0.25) is 0 Å². The third-order valence-electron chi connectivity index (χ3n) is 2.12. The Kier molecular flexibility index (Phi) is 2.44. The van der Waals surface area contributed by atoms with Crippen LogP contribution in [0.4, 0.5) is 0 Å². The Morgan fingerprint density at radius 3 is 3.00 bits per heavy atom. The first-order valence-corrected chi connectivity index (χ1v) is 4.61. The lowest BCUT2D eigenvalue weighted by Crippen LogP contribution is -2.14. The Balaban J connectivity index is 2.59. The maximum atomic E-state index is 11.3. The molecule has 4 heteroatoms. The molecule has 0 N–H and O–H groups in total. The van der Waals surface area contributed by atoms with Gasteiger partial charge in [-0.1, -0.05) is 11.6 Å². The third-order valence-corrected chi connectivity index (χ3v) is 2.47. The molecule has 1 aromatic carbocycles. The van der Waals surface area contributed by atoms with Gasteiger partial charge in [0.15, 0.2) is 12.6 Å². The quantitative estimate of drug-likeness (QED) is 0.671. The highest BCUT2D eigenvalue weighted by atomic mass is 35.5. The number of hydrogen-bond donors (Lipinski definition) is 0. The number of fused-ring (bicyclic) bond motifs is 1. The van der Waals surface area contributed by atoms with E-state index in [-0.39, 0.29) is 12.6 Å². The van der Waals surface area contributed by atoms with Crippen LogP contribution in [-0.4, -0.2) is 12.6 Å². The van der Waals surface area contributed by atoms with Gasteiger partial charge in [-0.3, -0.25) is 4.79 Å². The third kappa shape index (κ3) is 1.49. The summed E-state index contributed by atoms with van der Waals surface area (Å²) in [5.74, 6) is 0.538. The van der Waals surface area contributed by atoms with Crippen LogP contribution in [0.25, 0.3) is 0 Å². The molecule has 1 heterocycles. The number of ether oxygens (including phenoxy) is 2. The van der Waals surface area contributed by atoms with Gasteiger partial charge in [-0.15, -0.1) is 0 Å². The van der Waals surface area contributed by atoms with Crippen LogP contribution < -0.4 is 4.74 Å². The molecular weight excluding hydrogens is 204 g/mol. The number of rotatable bonds is 1. The topological polar surface area (TPSA) is 35.5 Å². The Morgan fingerprint density at radius 1 is 1.50 bits per heavy atom. The van der Waals surface area contributed by atoms with E-state index in [1.165, 1.54) is 6.92 Å². The molecule has 1 aliphatic rings. The summed E-state index contributed by atoms with van der Waals surface area (Å²) in [4.78, 5) is 11.3. The second-order valence-corrected chi connectivity index (χ2v) is 3.48. The highest BCUT2D eigenvalue weighted by molar-refractivity contribution is 6.31. The van der Waals surface area contributed by atoms with E-state index in [1.807, 2.05) is 0 Å². The first-order chi connectivity index (χ1) is 6.70. The fraction of sp³-hybridized carbons (Fsp3) is 0.300. The summed E-state index contributed by atoms with van der Waals surface area (Å²) in [6.07, 6.45) is 0. The van der Waals surface area contributed by atoms with Crippen molar-refractivity contribution in [3.05, 3.63) is 28.3 Å². The van der Waals surface area contributed by atoms with Crippen LogP contribution in [0.3, 0.4) is 0 Å². The zero-order valence-corrected chi connectivity index (χ0v) is 8.43. The van der Waals surface area contributed by atoms with Crippen LogP contribution in [0.5, 0.6) is 5.75 Å². The maximum Gasteiger partial charge on any atom is 0.189 e. The van der Waals surface area contributed by atoms with E-state index in [0.29, 0.717) is 22.9 Å². The smallest absolute Gasteiger partial charge is 0.189 e. The van der Waals surface area contributed by atoms with Gasteiger partial charge in [-0.05, 0) is 19.1 Å². The summed E-state index contributed by atoms with van der Waals surface area (Å²) in [5.41, 5.74) is 1.32. The standard InChI is InChI=1S/C10H9ClO3/c1-6(12)7-2-3-9(11)8-4-13-5-14-10(7)8/h2-3H,4-5H2,1H3. The minimum Gasteiger partial charge on any atom is -0.466 e. The van der Waals surface area contributed by atoms with E-state index in [0.717, 1.165) is 5.56 Å². The van der Waals surface area contributed by atoms with Gasteiger partial charge in [-0.2, -0.15) is 0 Å². The van der Waals surface area contributed by atoms with Gasteiger partial charge in [-0.25, -0.2) is 0 Å². The number of Topliss-reactive ketones (excluding diaryl/α,β-unsaturated/α-hetero) is 1. The molecule has 0 radical (unpaired) electrons. The van der Waals surface area contributed by atoms with Gasteiger partial charge >= 0.3 is 0 Å². The molecule has 2 rings (SSSR count). The average molecular weight is 213 g/mol. The van der Waals surface area contributed by atoms with Crippen molar-refractivity contribution < 1.29 is 14.3 Å². The fourth-order valence-electron chi connectivity index (χ4n) is 1.42. The minimum atomic E-state index is -0.0279. The molecule has 0 spiro atoms. The van der Waals surface area contributed by atoms with Crippen molar-refractivity contribution in [2.75, 3.05) is 6.79 Å². The molecule has 0 saturated heterocycles. The first-order valence-electron chi connectivity index (χ1n) is 4.23. The summed E-state index contributed by atoms with van der Waals surface area (Å²) in [7, 11) is 0. The Hall–Kier alpha value is -1.06. The van der Waals surface area contributed by atoms with Crippen molar-refractivity contribution in [2.45, 2.75) is 13.5 Å². The molecule has 0 amide bonds. The van der Waals surface area contributed by atoms with E-state index in [1.54, 1.807) is 12.1 Å². The highest BCUT2D eigenvalue weighted by Crippen LogP contribution is 2.33. The van der Waals surface area contributed by atoms with E-state index in [2.05, 4.69) is 0 Å². The summed E-state index contributed by atoms with van der Waals surface area (Å²) in [5, 5.41) is 0.574. The Labute approximate surface area is 86.6 Å². The predicted octanol–water partition coefficient (Wildman–Crippen LogP) is 2.41. The lowest BCUT2D eigenvalue weighted by molar-refractivity contribution is -0.0167. The van der Waals surface area contributed by atoms with Crippen LogP contribution in [-0.2, 0) is 11.3 Å². The van der Waals surface area contributed by atoms with Crippen molar-refractivity contribution >= 4 is 17.4 Å². The second kappa shape index (κ2) is 3.59. The molecule has 0 atom stereocenters. The van der Waals surface area contributed by atoms with Gasteiger partial charge in [0.1, 0.15) is 5.75 Å². The average Bonchev–Trinajstić information content (AvgIpc) is 2.18. The van der Waals surface area contributed by atoms with Crippen LogP contribution in [0.15, 0.2) is 12.1 Å². The van der Waals surface area contributed by atoms with Crippen LogP contribution >= 0.6 is 11.6 Å². The highest BCUT2D eigenvalue weighted by Gasteiger charge is 2.19.